The number of hydrogen-bond acceptors (Lipinski definition) is 3. The summed E-state index contributed by atoms with van der Waals surface area (Å²) in [6, 6.07) is 8.28. The number of nitrogens with one attached hydrogen (secondary N) is 3. The molecule has 3 rings (SSSR count). The molecule has 0 saturated carbocycles. The van der Waals surface area contributed by atoms with Crippen LogP contribution in [0.25, 0.3) is 0 Å². The minimum Gasteiger partial charge on any atom is -0.335 e. The summed E-state index contributed by atoms with van der Waals surface area (Å²) in [6.07, 6.45) is 2.83. The molecule has 3 N–H and O–H groups in total. The summed E-state index contributed by atoms with van der Waals surface area (Å²) in [4.78, 5) is 15.9. The largest absolute Gasteiger partial charge is 0.335 e. The SMILES string of the molecule is Cc1nc(NC(=O)NC2CCc3ccccc3C2)n[nH]1. The van der Waals surface area contributed by atoms with Gasteiger partial charge in [-0.3, -0.25) is 10.4 Å². The Balaban J connectivity index is 1.58. The molecule has 1 aliphatic rings. The second kappa shape index (κ2) is 5.32. The van der Waals surface area contributed by atoms with E-state index in [0.717, 1.165) is 19.3 Å². The van der Waals surface area contributed by atoms with Crippen LogP contribution in [-0.2, 0) is 12.8 Å². The Morgan fingerprint density at radius 2 is 2.15 bits per heavy atom. The Morgan fingerprint density at radius 3 is 2.90 bits per heavy atom. The van der Waals surface area contributed by atoms with Crippen LogP contribution in [0.3, 0.4) is 0 Å². The fraction of sp³-hybridized carbons (Fsp3) is 0.357. The molecule has 2 aromatic rings. The maximum absolute atomic E-state index is 11.9. The number of anilines is 1. The van der Waals surface area contributed by atoms with Gasteiger partial charge in [-0.25, -0.2) is 4.79 Å². The Labute approximate surface area is 117 Å². The molecular formula is C14H17N5O. The van der Waals surface area contributed by atoms with Gasteiger partial charge in [0.15, 0.2) is 0 Å². The fourth-order valence-electron chi connectivity index (χ4n) is 2.54. The molecular weight excluding hydrogens is 254 g/mol. The van der Waals surface area contributed by atoms with Gasteiger partial charge in [-0.15, -0.1) is 5.10 Å². The molecule has 104 valence electrons. The van der Waals surface area contributed by atoms with E-state index in [4.69, 9.17) is 0 Å². The number of carbonyl (C=O) groups is 1. The van der Waals surface area contributed by atoms with Gasteiger partial charge in [-0.2, -0.15) is 4.98 Å². The molecule has 1 aliphatic carbocycles. The van der Waals surface area contributed by atoms with Crippen LogP contribution in [0.2, 0.25) is 0 Å². The van der Waals surface area contributed by atoms with Crippen molar-refractivity contribution in [1.82, 2.24) is 20.5 Å². The van der Waals surface area contributed by atoms with E-state index in [9.17, 15) is 4.79 Å². The van der Waals surface area contributed by atoms with Crippen LogP contribution in [0.5, 0.6) is 0 Å². The lowest BCUT2D eigenvalue weighted by atomic mass is 9.88. The quantitative estimate of drug-likeness (QED) is 0.778. The lowest BCUT2D eigenvalue weighted by Gasteiger charge is -2.25. The normalized spacial score (nSPS) is 17.4. The Morgan fingerprint density at radius 1 is 1.35 bits per heavy atom. The van der Waals surface area contributed by atoms with E-state index in [1.54, 1.807) is 6.92 Å². The molecule has 2 amide bonds. The molecule has 1 heterocycles. The number of carbonyl (C=O) groups excluding carboxylic acids is 1. The van der Waals surface area contributed by atoms with Gasteiger partial charge in [0.2, 0.25) is 5.95 Å². The number of aryl methyl sites for hydroxylation is 2. The van der Waals surface area contributed by atoms with Gasteiger partial charge in [0.05, 0.1) is 0 Å². The van der Waals surface area contributed by atoms with E-state index < -0.39 is 0 Å². The van der Waals surface area contributed by atoms with Crippen LogP contribution >= 0.6 is 0 Å². The van der Waals surface area contributed by atoms with Crippen LogP contribution in [0.15, 0.2) is 24.3 Å². The molecule has 1 aromatic heterocycles. The van der Waals surface area contributed by atoms with E-state index in [2.05, 4.69) is 44.0 Å². The molecule has 0 radical (unpaired) electrons. The number of benzene rings is 1. The van der Waals surface area contributed by atoms with Gasteiger partial charge in [-0.1, -0.05) is 24.3 Å². The van der Waals surface area contributed by atoms with Gasteiger partial charge in [-0.05, 0) is 37.3 Å². The number of hydrogen-bond donors (Lipinski definition) is 3. The standard InChI is InChI=1S/C14H17N5O/c1-9-15-13(19-18-9)17-14(20)16-12-7-6-10-4-2-3-5-11(10)8-12/h2-5,12H,6-8H2,1H3,(H3,15,16,17,18,19,20). The topological polar surface area (TPSA) is 82.7 Å². The van der Waals surface area contributed by atoms with Crippen molar-refractivity contribution < 1.29 is 4.79 Å². The van der Waals surface area contributed by atoms with Gasteiger partial charge in [0, 0.05) is 6.04 Å². The highest BCUT2D eigenvalue weighted by molar-refractivity contribution is 5.87. The smallest absolute Gasteiger partial charge is 0.321 e. The summed E-state index contributed by atoms with van der Waals surface area (Å²) in [5.41, 5.74) is 2.70. The molecule has 0 aliphatic heterocycles. The number of fused-ring (bicyclic) bond motifs is 1. The maximum Gasteiger partial charge on any atom is 0.321 e. The van der Waals surface area contributed by atoms with Gasteiger partial charge in [0.25, 0.3) is 0 Å². The highest BCUT2D eigenvalue weighted by Crippen LogP contribution is 2.20. The zero-order valence-corrected chi connectivity index (χ0v) is 11.3. The number of aromatic nitrogens is 3. The predicted octanol–water partition coefficient (Wildman–Crippen LogP) is 1.79. The van der Waals surface area contributed by atoms with E-state index >= 15 is 0 Å². The molecule has 1 aromatic carbocycles. The number of rotatable bonds is 2. The Hall–Kier alpha value is -2.37. The van der Waals surface area contributed by atoms with E-state index in [0.29, 0.717) is 11.8 Å². The molecule has 0 fully saturated rings. The highest BCUT2D eigenvalue weighted by Gasteiger charge is 2.20. The number of nitrogens with zero attached hydrogens (tertiary/aromatic N) is 2. The van der Waals surface area contributed by atoms with E-state index in [1.165, 1.54) is 11.1 Å². The van der Waals surface area contributed by atoms with Crippen LogP contribution in [0, 0.1) is 6.92 Å². The fourth-order valence-corrected chi connectivity index (χ4v) is 2.54. The lowest BCUT2D eigenvalue weighted by molar-refractivity contribution is 0.247. The first-order chi connectivity index (χ1) is 9.70. The van der Waals surface area contributed by atoms with Crippen LogP contribution in [0.1, 0.15) is 23.4 Å². The predicted molar refractivity (Wildman–Crippen MR) is 75.5 cm³/mol. The Kier molecular flexibility index (Phi) is 3.37. The van der Waals surface area contributed by atoms with Crippen LogP contribution < -0.4 is 10.6 Å². The first-order valence-electron chi connectivity index (χ1n) is 6.74. The second-order valence-electron chi connectivity index (χ2n) is 5.05. The van der Waals surface area contributed by atoms with Crippen molar-refractivity contribution in [3.8, 4) is 0 Å². The molecule has 6 heteroatoms. The molecule has 0 saturated heterocycles. The van der Waals surface area contributed by atoms with Crippen molar-refractivity contribution >= 4 is 12.0 Å². The van der Waals surface area contributed by atoms with Crippen molar-refractivity contribution in [3.63, 3.8) is 0 Å². The second-order valence-corrected chi connectivity index (χ2v) is 5.05. The number of urea groups is 1. The summed E-state index contributed by atoms with van der Waals surface area (Å²) in [5.74, 6) is 0.975. The highest BCUT2D eigenvalue weighted by atomic mass is 16.2. The van der Waals surface area contributed by atoms with Crippen LogP contribution in [0.4, 0.5) is 10.7 Å². The zero-order valence-electron chi connectivity index (χ0n) is 11.3. The molecule has 1 atom stereocenters. The zero-order chi connectivity index (χ0) is 13.9. The van der Waals surface area contributed by atoms with E-state index in [-0.39, 0.29) is 12.1 Å². The Bertz CT molecular complexity index is 622. The number of amides is 2. The van der Waals surface area contributed by atoms with Crippen molar-refractivity contribution in [3.05, 3.63) is 41.2 Å². The third kappa shape index (κ3) is 2.79. The maximum atomic E-state index is 11.9. The van der Waals surface area contributed by atoms with Gasteiger partial charge < -0.3 is 5.32 Å². The van der Waals surface area contributed by atoms with Crippen molar-refractivity contribution in [2.75, 3.05) is 5.32 Å². The van der Waals surface area contributed by atoms with Gasteiger partial charge >= 0.3 is 6.03 Å². The number of aromatic amines is 1. The summed E-state index contributed by atoms with van der Waals surface area (Å²) in [6.45, 7) is 1.79. The van der Waals surface area contributed by atoms with Crippen molar-refractivity contribution in [1.29, 1.82) is 0 Å². The average Bonchev–Trinajstić information content (AvgIpc) is 2.83. The minimum atomic E-state index is -0.256. The number of H-pyrrole nitrogens is 1. The van der Waals surface area contributed by atoms with Crippen molar-refractivity contribution in [2.24, 2.45) is 0 Å². The molecule has 0 bridgehead atoms. The molecule has 1 unspecified atom stereocenters. The monoisotopic (exact) mass is 271 g/mol. The summed E-state index contributed by atoms with van der Waals surface area (Å²) >= 11 is 0. The van der Waals surface area contributed by atoms with Gasteiger partial charge in [0.1, 0.15) is 5.82 Å². The minimum absolute atomic E-state index is 0.157. The lowest BCUT2D eigenvalue weighted by Crippen LogP contribution is -2.41. The first-order valence-corrected chi connectivity index (χ1v) is 6.74. The van der Waals surface area contributed by atoms with Crippen molar-refractivity contribution in [2.45, 2.75) is 32.2 Å². The summed E-state index contributed by atoms with van der Waals surface area (Å²) in [5, 5.41) is 12.2. The third-order valence-electron chi connectivity index (χ3n) is 3.50. The third-order valence-corrected chi connectivity index (χ3v) is 3.50. The molecule has 0 spiro atoms. The first kappa shape index (κ1) is 12.7. The molecule has 6 nitrogen and oxygen atoms in total. The molecule has 20 heavy (non-hydrogen) atoms. The summed E-state index contributed by atoms with van der Waals surface area (Å²) < 4.78 is 0. The average molecular weight is 271 g/mol. The van der Waals surface area contributed by atoms with Crippen LogP contribution in [-0.4, -0.2) is 27.3 Å². The van der Waals surface area contributed by atoms with E-state index in [1.807, 2.05) is 6.07 Å². The summed E-state index contributed by atoms with van der Waals surface area (Å²) in [7, 11) is 0.